The molecule has 0 spiro atoms. The van der Waals surface area contributed by atoms with Crippen LogP contribution in [0.15, 0.2) is 29.0 Å². The van der Waals surface area contributed by atoms with Gasteiger partial charge in [-0.25, -0.2) is 9.78 Å². The Kier molecular flexibility index (Phi) is 4.80. The van der Waals surface area contributed by atoms with Gasteiger partial charge in [0.1, 0.15) is 5.69 Å². The lowest BCUT2D eigenvalue weighted by atomic mass is 10.1. The molecule has 1 N–H and O–H groups in total. The van der Waals surface area contributed by atoms with Crippen LogP contribution in [0.4, 0.5) is 0 Å². The third-order valence-corrected chi connectivity index (χ3v) is 4.84. The molecule has 130 valence electrons. The summed E-state index contributed by atoms with van der Waals surface area (Å²) in [5, 5.41) is 12.7. The molecule has 2 aromatic rings. The van der Waals surface area contributed by atoms with E-state index < -0.39 is 5.97 Å². The number of carboxylic acid groups (broad SMARTS) is 1. The van der Waals surface area contributed by atoms with Gasteiger partial charge < -0.3 is 14.9 Å². The van der Waals surface area contributed by atoms with Gasteiger partial charge in [0.2, 0.25) is 0 Å². The predicted octanol–water partition coefficient (Wildman–Crippen LogP) is 1.75. The number of piperazine rings is 1. The molecule has 8 heteroatoms. The Morgan fingerprint density at radius 3 is 2.20 bits per heavy atom. The molecule has 0 unspecified atom stereocenters. The summed E-state index contributed by atoms with van der Waals surface area (Å²) in [5.74, 6) is -1.33. The Morgan fingerprint density at radius 2 is 1.68 bits per heavy atom. The van der Waals surface area contributed by atoms with E-state index in [2.05, 4.69) is 4.98 Å². The van der Waals surface area contributed by atoms with Crippen molar-refractivity contribution in [1.82, 2.24) is 14.8 Å². The van der Waals surface area contributed by atoms with Crippen LogP contribution in [-0.2, 0) is 0 Å². The van der Waals surface area contributed by atoms with Crippen molar-refractivity contribution in [3.05, 3.63) is 51.5 Å². The normalized spacial score (nSPS) is 14.4. The maximum absolute atomic E-state index is 12.6. The highest BCUT2D eigenvalue weighted by atomic mass is 32.1. The fourth-order valence-electron chi connectivity index (χ4n) is 2.75. The van der Waals surface area contributed by atoms with E-state index in [0.29, 0.717) is 37.4 Å². The number of rotatable bonds is 3. The highest BCUT2D eigenvalue weighted by Crippen LogP contribution is 2.14. The van der Waals surface area contributed by atoms with Gasteiger partial charge in [-0.05, 0) is 30.5 Å². The summed E-state index contributed by atoms with van der Waals surface area (Å²) in [5.41, 5.74) is 1.29. The maximum Gasteiger partial charge on any atom is 0.337 e. The van der Waals surface area contributed by atoms with Crippen LogP contribution in [0.5, 0.6) is 0 Å². The van der Waals surface area contributed by atoms with Gasteiger partial charge in [-0.15, -0.1) is 0 Å². The lowest BCUT2D eigenvalue weighted by Gasteiger charge is -2.34. The number of hydrogen-bond donors (Lipinski definition) is 1. The SMILES string of the molecule is Cc1nc(C(=O)N2CCN(C(=O)c3ccsc3)CC2)ccc1C(=O)O. The first-order valence-corrected chi connectivity index (χ1v) is 8.73. The molecular weight excluding hydrogens is 342 g/mol. The molecule has 1 aliphatic rings. The van der Waals surface area contributed by atoms with E-state index in [4.69, 9.17) is 5.11 Å². The second kappa shape index (κ2) is 7.02. The molecule has 1 fully saturated rings. The zero-order valence-electron chi connectivity index (χ0n) is 13.6. The highest BCUT2D eigenvalue weighted by Gasteiger charge is 2.26. The summed E-state index contributed by atoms with van der Waals surface area (Å²) in [4.78, 5) is 43.4. The van der Waals surface area contributed by atoms with Crippen LogP contribution in [0.1, 0.15) is 36.9 Å². The molecule has 2 amide bonds. The van der Waals surface area contributed by atoms with Gasteiger partial charge >= 0.3 is 5.97 Å². The summed E-state index contributed by atoms with van der Waals surface area (Å²) in [7, 11) is 0. The summed E-state index contributed by atoms with van der Waals surface area (Å²) in [6.45, 7) is 3.35. The van der Waals surface area contributed by atoms with Crippen molar-refractivity contribution in [2.45, 2.75) is 6.92 Å². The Labute approximate surface area is 148 Å². The number of carbonyl (C=O) groups is 3. The molecular formula is C17H17N3O4S. The lowest BCUT2D eigenvalue weighted by molar-refractivity contribution is 0.0532. The van der Waals surface area contributed by atoms with Gasteiger partial charge in [0.05, 0.1) is 16.8 Å². The van der Waals surface area contributed by atoms with Crippen molar-refractivity contribution in [2.75, 3.05) is 26.2 Å². The topological polar surface area (TPSA) is 90.8 Å². The number of thiophene rings is 1. The second-order valence-corrected chi connectivity index (χ2v) is 6.51. The fraction of sp³-hybridized carbons (Fsp3) is 0.294. The van der Waals surface area contributed by atoms with Gasteiger partial charge in [-0.2, -0.15) is 11.3 Å². The summed E-state index contributed by atoms with van der Waals surface area (Å²) in [6, 6.07) is 4.62. The summed E-state index contributed by atoms with van der Waals surface area (Å²) in [6.07, 6.45) is 0. The highest BCUT2D eigenvalue weighted by molar-refractivity contribution is 7.08. The number of carbonyl (C=O) groups excluding carboxylic acids is 2. The van der Waals surface area contributed by atoms with E-state index in [1.54, 1.807) is 22.8 Å². The quantitative estimate of drug-likeness (QED) is 0.901. The molecule has 1 saturated heterocycles. The Morgan fingerprint density at radius 1 is 1.04 bits per heavy atom. The number of carboxylic acids is 1. The third kappa shape index (κ3) is 3.53. The summed E-state index contributed by atoms with van der Waals surface area (Å²) < 4.78 is 0. The van der Waals surface area contributed by atoms with Crippen LogP contribution in [-0.4, -0.2) is 63.9 Å². The minimum atomic E-state index is -1.07. The van der Waals surface area contributed by atoms with E-state index in [0.717, 1.165) is 0 Å². The Balaban J connectivity index is 1.65. The maximum atomic E-state index is 12.6. The number of nitrogens with zero attached hydrogens (tertiary/aromatic N) is 3. The van der Waals surface area contributed by atoms with Gasteiger partial charge in [-0.1, -0.05) is 0 Å². The van der Waals surface area contributed by atoms with Crippen LogP contribution in [0.3, 0.4) is 0 Å². The van der Waals surface area contributed by atoms with E-state index in [-0.39, 0.29) is 23.1 Å². The van der Waals surface area contributed by atoms with Crippen molar-refractivity contribution in [3.8, 4) is 0 Å². The summed E-state index contributed by atoms with van der Waals surface area (Å²) >= 11 is 1.48. The molecule has 0 aromatic carbocycles. The van der Waals surface area contributed by atoms with Crippen LogP contribution in [0.25, 0.3) is 0 Å². The molecule has 2 aromatic heterocycles. The standard InChI is InChI=1S/C17H17N3O4S/c1-11-13(17(23)24)2-3-14(18-11)16(22)20-7-5-19(6-8-20)15(21)12-4-9-25-10-12/h2-4,9-10H,5-8H2,1H3,(H,23,24). The molecule has 25 heavy (non-hydrogen) atoms. The molecule has 0 aliphatic carbocycles. The number of hydrogen-bond acceptors (Lipinski definition) is 5. The van der Waals surface area contributed by atoms with Gasteiger partial charge in [0, 0.05) is 31.6 Å². The van der Waals surface area contributed by atoms with Crippen molar-refractivity contribution in [1.29, 1.82) is 0 Å². The number of aromatic carboxylic acids is 1. The van der Waals surface area contributed by atoms with Gasteiger partial charge in [0.15, 0.2) is 0 Å². The molecule has 3 heterocycles. The lowest BCUT2D eigenvalue weighted by Crippen LogP contribution is -2.50. The molecule has 3 rings (SSSR count). The monoisotopic (exact) mass is 359 g/mol. The van der Waals surface area contributed by atoms with E-state index in [9.17, 15) is 14.4 Å². The number of aryl methyl sites for hydroxylation is 1. The first-order valence-electron chi connectivity index (χ1n) is 7.79. The zero-order valence-corrected chi connectivity index (χ0v) is 14.5. The number of aromatic nitrogens is 1. The van der Waals surface area contributed by atoms with Crippen LogP contribution in [0, 0.1) is 6.92 Å². The van der Waals surface area contributed by atoms with Crippen molar-refractivity contribution in [2.24, 2.45) is 0 Å². The first-order chi connectivity index (χ1) is 12.0. The molecule has 0 radical (unpaired) electrons. The van der Waals surface area contributed by atoms with Crippen molar-refractivity contribution < 1.29 is 19.5 Å². The zero-order chi connectivity index (χ0) is 18.0. The third-order valence-electron chi connectivity index (χ3n) is 4.16. The average Bonchev–Trinajstić information content (AvgIpc) is 3.15. The van der Waals surface area contributed by atoms with Crippen molar-refractivity contribution in [3.63, 3.8) is 0 Å². The molecule has 0 bridgehead atoms. The predicted molar refractivity (Wildman–Crippen MR) is 92.1 cm³/mol. The van der Waals surface area contributed by atoms with Crippen LogP contribution < -0.4 is 0 Å². The van der Waals surface area contributed by atoms with Crippen LogP contribution in [0.2, 0.25) is 0 Å². The van der Waals surface area contributed by atoms with Crippen molar-refractivity contribution >= 4 is 29.1 Å². The minimum absolute atomic E-state index is 0.0203. The smallest absolute Gasteiger partial charge is 0.337 e. The molecule has 1 aliphatic heterocycles. The minimum Gasteiger partial charge on any atom is -0.478 e. The van der Waals surface area contributed by atoms with E-state index in [1.807, 2.05) is 10.8 Å². The van der Waals surface area contributed by atoms with Gasteiger partial charge in [0.25, 0.3) is 11.8 Å². The Bertz CT molecular complexity index is 811. The molecule has 0 saturated carbocycles. The molecule has 0 atom stereocenters. The molecule has 7 nitrogen and oxygen atoms in total. The van der Waals surface area contributed by atoms with E-state index >= 15 is 0 Å². The number of pyridine rings is 1. The van der Waals surface area contributed by atoms with Gasteiger partial charge in [-0.3, -0.25) is 9.59 Å². The Hall–Kier alpha value is -2.74. The largest absolute Gasteiger partial charge is 0.478 e. The van der Waals surface area contributed by atoms with E-state index in [1.165, 1.54) is 23.5 Å². The number of amides is 2. The average molecular weight is 359 g/mol. The van der Waals surface area contributed by atoms with Crippen LogP contribution >= 0.6 is 11.3 Å². The first kappa shape index (κ1) is 17.1. The fourth-order valence-corrected chi connectivity index (χ4v) is 3.38. The second-order valence-electron chi connectivity index (χ2n) is 5.73.